The average Bonchev–Trinajstić information content (AvgIpc) is 3.17. The largest absolute Gasteiger partial charge is 0.351 e. The molecular weight excluding hydrogens is 416 g/mol. The van der Waals surface area contributed by atoms with Gasteiger partial charge in [0.1, 0.15) is 5.69 Å². The van der Waals surface area contributed by atoms with Crippen molar-refractivity contribution in [2.45, 2.75) is 65.7 Å². The molecule has 4 aliphatic rings. The Kier molecular flexibility index (Phi) is 5.70. The molecule has 8 nitrogen and oxygen atoms in total. The number of hydrogen-bond donors (Lipinski definition) is 2. The van der Waals surface area contributed by atoms with Crippen LogP contribution >= 0.6 is 0 Å². The van der Waals surface area contributed by atoms with Gasteiger partial charge in [-0.15, -0.1) is 0 Å². The molecule has 4 fully saturated rings. The van der Waals surface area contributed by atoms with Gasteiger partial charge in [0.05, 0.1) is 11.3 Å². The minimum absolute atomic E-state index is 0.0949. The highest BCUT2D eigenvalue weighted by atomic mass is 16.2. The van der Waals surface area contributed by atoms with Gasteiger partial charge in [-0.25, -0.2) is 14.6 Å². The maximum atomic E-state index is 13.1. The van der Waals surface area contributed by atoms with Crippen LogP contribution in [-0.4, -0.2) is 44.7 Å². The number of rotatable bonds is 7. The predicted molar refractivity (Wildman–Crippen MR) is 124 cm³/mol. The number of amides is 2. The van der Waals surface area contributed by atoms with Crippen molar-refractivity contribution in [3.63, 3.8) is 0 Å². The first-order valence-electron chi connectivity index (χ1n) is 12.3. The number of nitrogens with zero attached hydrogens (tertiary/aromatic N) is 4. The molecule has 6 rings (SSSR count). The Morgan fingerprint density at radius 1 is 1.06 bits per heavy atom. The average molecular weight is 451 g/mol. The van der Waals surface area contributed by atoms with E-state index in [9.17, 15) is 9.59 Å². The fourth-order valence-electron chi connectivity index (χ4n) is 6.75. The zero-order valence-electron chi connectivity index (χ0n) is 19.9. The van der Waals surface area contributed by atoms with E-state index >= 15 is 0 Å². The molecule has 33 heavy (non-hydrogen) atoms. The number of carbonyl (C=O) groups excluding carboxylic acids is 2. The van der Waals surface area contributed by atoms with E-state index in [0.29, 0.717) is 29.1 Å². The van der Waals surface area contributed by atoms with Gasteiger partial charge in [0.2, 0.25) is 0 Å². The van der Waals surface area contributed by atoms with Crippen LogP contribution in [0.3, 0.4) is 0 Å². The van der Waals surface area contributed by atoms with E-state index in [2.05, 4.69) is 25.7 Å². The van der Waals surface area contributed by atoms with Crippen molar-refractivity contribution in [3.05, 3.63) is 34.9 Å². The standard InChI is InChI=1S/C25H34N6O2/c1-4-5-26-23(33)21-15(2)12-27-24(29-21)31-13-20(16(3)30-31)22(32)28-14-25-9-17-6-18(10-25)8-19(7-17)11-25/h12-13,17-19H,4-11,14H2,1-3H3,(H,26,33)(H,28,32). The van der Waals surface area contributed by atoms with Crippen LogP contribution in [0, 0.1) is 37.0 Å². The maximum absolute atomic E-state index is 13.1. The third kappa shape index (κ3) is 4.27. The lowest BCUT2D eigenvalue weighted by molar-refractivity contribution is -0.0503. The van der Waals surface area contributed by atoms with Gasteiger partial charge in [0, 0.05) is 25.5 Å². The molecule has 4 aliphatic carbocycles. The number of carbonyl (C=O) groups is 2. The summed E-state index contributed by atoms with van der Waals surface area (Å²) in [7, 11) is 0. The topological polar surface area (TPSA) is 102 Å². The summed E-state index contributed by atoms with van der Waals surface area (Å²) in [6, 6.07) is 0. The van der Waals surface area contributed by atoms with Crippen LogP contribution in [0.4, 0.5) is 0 Å². The summed E-state index contributed by atoms with van der Waals surface area (Å²) in [5, 5.41) is 10.5. The van der Waals surface area contributed by atoms with E-state index < -0.39 is 0 Å². The second kappa shape index (κ2) is 8.54. The van der Waals surface area contributed by atoms with E-state index in [-0.39, 0.29) is 23.2 Å². The summed E-state index contributed by atoms with van der Waals surface area (Å²) < 4.78 is 1.49. The van der Waals surface area contributed by atoms with Crippen LogP contribution in [0.2, 0.25) is 0 Å². The zero-order chi connectivity index (χ0) is 23.2. The molecule has 4 saturated carbocycles. The Morgan fingerprint density at radius 3 is 2.36 bits per heavy atom. The van der Waals surface area contributed by atoms with E-state index in [0.717, 1.165) is 30.7 Å². The van der Waals surface area contributed by atoms with Crippen molar-refractivity contribution < 1.29 is 9.59 Å². The highest BCUT2D eigenvalue weighted by Gasteiger charge is 2.50. The lowest BCUT2D eigenvalue weighted by atomic mass is 9.49. The molecule has 2 N–H and O–H groups in total. The summed E-state index contributed by atoms with van der Waals surface area (Å²) in [6.07, 6.45) is 12.1. The van der Waals surface area contributed by atoms with Gasteiger partial charge in [-0.05, 0) is 87.5 Å². The monoisotopic (exact) mass is 450 g/mol. The first-order valence-corrected chi connectivity index (χ1v) is 12.3. The van der Waals surface area contributed by atoms with Gasteiger partial charge < -0.3 is 10.6 Å². The van der Waals surface area contributed by atoms with Crippen molar-refractivity contribution in [2.75, 3.05) is 13.1 Å². The molecule has 4 bridgehead atoms. The number of aromatic nitrogens is 4. The van der Waals surface area contributed by atoms with Gasteiger partial charge in [-0.1, -0.05) is 6.92 Å². The fraction of sp³-hybridized carbons (Fsp3) is 0.640. The molecule has 2 aromatic heterocycles. The Balaban J connectivity index is 1.30. The molecule has 0 saturated heterocycles. The Morgan fingerprint density at radius 2 is 1.73 bits per heavy atom. The van der Waals surface area contributed by atoms with E-state index in [1.54, 1.807) is 12.4 Å². The molecule has 176 valence electrons. The Bertz CT molecular complexity index is 1040. The van der Waals surface area contributed by atoms with Crippen molar-refractivity contribution >= 4 is 11.8 Å². The molecule has 0 unspecified atom stereocenters. The molecule has 0 aliphatic heterocycles. The summed E-state index contributed by atoms with van der Waals surface area (Å²) in [5.74, 6) is 2.54. The SMILES string of the molecule is CCCNC(=O)c1nc(-n2cc(C(=O)NCC34CC5CC(CC(C5)C3)C4)c(C)n2)ncc1C. The molecule has 0 radical (unpaired) electrons. The molecule has 2 amide bonds. The number of nitrogens with one attached hydrogen (secondary N) is 2. The predicted octanol–water partition coefficient (Wildman–Crippen LogP) is 3.37. The zero-order valence-corrected chi connectivity index (χ0v) is 19.9. The normalized spacial score (nSPS) is 27.5. The molecule has 2 aromatic rings. The summed E-state index contributed by atoms with van der Waals surface area (Å²) >= 11 is 0. The van der Waals surface area contributed by atoms with Gasteiger partial charge in [0.25, 0.3) is 17.8 Å². The molecule has 8 heteroatoms. The Labute approximate surface area is 195 Å². The molecular formula is C25H34N6O2. The second-order valence-corrected chi connectivity index (χ2v) is 10.6. The van der Waals surface area contributed by atoms with E-state index in [4.69, 9.17) is 0 Å². The van der Waals surface area contributed by atoms with E-state index in [1.807, 2.05) is 20.8 Å². The van der Waals surface area contributed by atoms with Crippen molar-refractivity contribution in [2.24, 2.45) is 23.2 Å². The second-order valence-electron chi connectivity index (χ2n) is 10.6. The number of hydrogen-bond acceptors (Lipinski definition) is 5. The van der Waals surface area contributed by atoms with Crippen LogP contribution in [0.15, 0.2) is 12.4 Å². The first-order chi connectivity index (χ1) is 15.9. The Hall–Kier alpha value is -2.77. The van der Waals surface area contributed by atoms with Crippen molar-refractivity contribution in [1.82, 2.24) is 30.4 Å². The molecule has 0 spiro atoms. The van der Waals surface area contributed by atoms with Gasteiger partial charge in [-0.3, -0.25) is 9.59 Å². The van der Waals surface area contributed by atoms with Crippen molar-refractivity contribution in [1.29, 1.82) is 0 Å². The summed E-state index contributed by atoms with van der Waals surface area (Å²) in [6.45, 7) is 6.97. The summed E-state index contributed by atoms with van der Waals surface area (Å²) in [4.78, 5) is 34.3. The highest BCUT2D eigenvalue weighted by Crippen LogP contribution is 2.59. The first kappa shape index (κ1) is 22.0. The smallest absolute Gasteiger partial charge is 0.270 e. The van der Waals surface area contributed by atoms with Crippen LogP contribution in [-0.2, 0) is 0 Å². The maximum Gasteiger partial charge on any atom is 0.270 e. The van der Waals surface area contributed by atoms with Crippen LogP contribution < -0.4 is 10.6 Å². The molecule has 2 heterocycles. The van der Waals surface area contributed by atoms with Gasteiger partial charge >= 0.3 is 0 Å². The van der Waals surface area contributed by atoms with E-state index in [1.165, 1.54) is 43.2 Å². The lowest BCUT2D eigenvalue weighted by Gasteiger charge is -2.56. The minimum atomic E-state index is -0.226. The van der Waals surface area contributed by atoms with Crippen LogP contribution in [0.5, 0.6) is 0 Å². The third-order valence-corrected chi connectivity index (χ3v) is 7.85. The number of aryl methyl sites for hydroxylation is 2. The third-order valence-electron chi connectivity index (χ3n) is 7.85. The van der Waals surface area contributed by atoms with Gasteiger partial charge in [-0.2, -0.15) is 5.10 Å². The molecule has 0 aromatic carbocycles. The lowest BCUT2D eigenvalue weighted by Crippen LogP contribution is -2.51. The highest BCUT2D eigenvalue weighted by molar-refractivity contribution is 5.95. The quantitative estimate of drug-likeness (QED) is 0.673. The minimum Gasteiger partial charge on any atom is -0.351 e. The van der Waals surface area contributed by atoms with Crippen LogP contribution in [0.25, 0.3) is 5.95 Å². The van der Waals surface area contributed by atoms with Gasteiger partial charge in [0.15, 0.2) is 0 Å². The summed E-state index contributed by atoms with van der Waals surface area (Å²) in [5.41, 5.74) is 2.47. The fourth-order valence-corrected chi connectivity index (χ4v) is 6.75. The van der Waals surface area contributed by atoms with Crippen molar-refractivity contribution in [3.8, 4) is 5.95 Å². The molecule has 0 atom stereocenters. The van der Waals surface area contributed by atoms with Crippen LogP contribution in [0.1, 0.15) is 84.0 Å².